The second-order valence-corrected chi connectivity index (χ2v) is 4.77. The van der Waals surface area contributed by atoms with Crippen molar-refractivity contribution in [2.75, 3.05) is 20.3 Å². The summed E-state index contributed by atoms with van der Waals surface area (Å²) in [4.78, 5) is 23.7. The fourth-order valence-electron chi connectivity index (χ4n) is 2.43. The average Bonchev–Trinajstić information content (AvgIpc) is 2.77. The highest BCUT2D eigenvalue weighted by atomic mass is 16.5. The molecule has 0 aromatic heterocycles. The lowest BCUT2D eigenvalue weighted by molar-refractivity contribution is -0.165. The predicted molar refractivity (Wildman–Crippen MR) is 60.3 cm³/mol. The molecule has 0 aromatic carbocycles. The van der Waals surface area contributed by atoms with E-state index >= 15 is 0 Å². The van der Waals surface area contributed by atoms with Gasteiger partial charge in [0.1, 0.15) is 5.41 Å². The third kappa shape index (κ3) is 2.29. The second kappa shape index (κ2) is 5.04. The number of carbonyl (C=O) groups excluding carboxylic acids is 2. The lowest BCUT2D eigenvalue weighted by atomic mass is 9.68. The number of rotatable bonds is 4. The smallest absolute Gasteiger partial charge is 0.321 e. The number of hydrogen-bond acceptors (Lipinski definition) is 4. The van der Waals surface area contributed by atoms with E-state index in [2.05, 4.69) is 5.32 Å². The summed E-state index contributed by atoms with van der Waals surface area (Å²) in [6.45, 7) is 1.26. The first-order chi connectivity index (χ1) is 8.19. The summed E-state index contributed by atoms with van der Waals surface area (Å²) in [5, 5.41) is 2.82. The van der Waals surface area contributed by atoms with Crippen LogP contribution in [0.5, 0.6) is 0 Å². The Morgan fingerprint density at radius 2 is 2.18 bits per heavy atom. The molecular weight excluding hydrogens is 222 g/mol. The van der Waals surface area contributed by atoms with Gasteiger partial charge in [0.25, 0.3) is 0 Å². The zero-order valence-electron chi connectivity index (χ0n) is 10.2. The summed E-state index contributed by atoms with van der Waals surface area (Å²) >= 11 is 0. The number of esters is 1. The number of hydrogen-bond donors (Lipinski definition) is 1. The molecule has 1 N–H and O–H groups in total. The van der Waals surface area contributed by atoms with Crippen molar-refractivity contribution < 1.29 is 19.1 Å². The third-order valence-corrected chi connectivity index (χ3v) is 3.73. The van der Waals surface area contributed by atoms with Gasteiger partial charge in [-0.05, 0) is 25.7 Å². The molecule has 0 aromatic rings. The highest BCUT2D eigenvalue weighted by Crippen LogP contribution is 2.42. The van der Waals surface area contributed by atoms with Gasteiger partial charge in [-0.3, -0.25) is 9.59 Å². The van der Waals surface area contributed by atoms with E-state index in [-0.39, 0.29) is 12.0 Å². The van der Waals surface area contributed by atoms with E-state index < -0.39 is 11.4 Å². The molecule has 1 saturated heterocycles. The van der Waals surface area contributed by atoms with E-state index in [1.807, 2.05) is 0 Å². The number of methoxy groups -OCH3 is 1. The molecule has 2 aliphatic rings. The zero-order chi connectivity index (χ0) is 12.3. The normalized spacial score (nSPS) is 26.1. The largest absolute Gasteiger partial charge is 0.468 e. The Morgan fingerprint density at radius 3 is 2.65 bits per heavy atom. The maximum Gasteiger partial charge on any atom is 0.321 e. The van der Waals surface area contributed by atoms with Gasteiger partial charge >= 0.3 is 5.97 Å². The van der Waals surface area contributed by atoms with E-state index in [0.29, 0.717) is 19.4 Å². The van der Waals surface area contributed by atoms with Gasteiger partial charge < -0.3 is 14.8 Å². The lowest BCUT2D eigenvalue weighted by Gasteiger charge is -2.37. The first kappa shape index (κ1) is 12.4. The van der Waals surface area contributed by atoms with Crippen LogP contribution in [0, 0.1) is 5.41 Å². The first-order valence-electron chi connectivity index (χ1n) is 6.17. The summed E-state index contributed by atoms with van der Waals surface area (Å²) in [7, 11) is 1.33. The lowest BCUT2D eigenvalue weighted by Crippen LogP contribution is -2.52. The quantitative estimate of drug-likeness (QED) is 0.579. The SMILES string of the molecule is COC(=O)C1(C(=O)NCC2CCCO2)CCC1. The Kier molecular flexibility index (Phi) is 3.66. The van der Waals surface area contributed by atoms with Gasteiger partial charge in [0.2, 0.25) is 5.91 Å². The van der Waals surface area contributed by atoms with Crippen LogP contribution in [0.2, 0.25) is 0 Å². The number of carbonyl (C=O) groups is 2. The summed E-state index contributed by atoms with van der Waals surface area (Å²) in [5.74, 6) is -0.611. The molecule has 2 rings (SSSR count). The highest BCUT2D eigenvalue weighted by molar-refractivity contribution is 6.03. The van der Waals surface area contributed by atoms with Crippen molar-refractivity contribution in [3.63, 3.8) is 0 Å². The van der Waals surface area contributed by atoms with Crippen LogP contribution in [0.25, 0.3) is 0 Å². The molecule has 5 heteroatoms. The van der Waals surface area contributed by atoms with Gasteiger partial charge in [0, 0.05) is 13.2 Å². The van der Waals surface area contributed by atoms with Crippen molar-refractivity contribution >= 4 is 11.9 Å². The monoisotopic (exact) mass is 241 g/mol. The molecule has 17 heavy (non-hydrogen) atoms. The summed E-state index contributed by atoms with van der Waals surface area (Å²) < 4.78 is 10.1. The van der Waals surface area contributed by atoms with Crippen molar-refractivity contribution in [2.45, 2.75) is 38.2 Å². The summed E-state index contributed by atoms with van der Waals surface area (Å²) in [6.07, 6.45) is 4.22. The van der Waals surface area contributed by atoms with Crippen LogP contribution in [-0.4, -0.2) is 38.2 Å². The van der Waals surface area contributed by atoms with E-state index in [4.69, 9.17) is 9.47 Å². The van der Waals surface area contributed by atoms with E-state index in [9.17, 15) is 9.59 Å². The highest BCUT2D eigenvalue weighted by Gasteiger charge is 2.51. The first-order valence-corrected chi connectivity index (χ1v) is 6.17. The van der Waals surface area contributed by atoms with Crippen LogP contribution in [0.3, 0.4) is 0 Å². The second-order valence-electron chi connectivity index (χ2n) is 4.77. The predicted octanol–water partition coefficient (Wildman–Crippen LogP) is 0.625. The molecule has 1 aliphatic carbocycles. The molecule has 1 heterocycles. The van der Waals surface area contributed by atoms with Gasteiger partial charge in [-0.2, -0.15) is 0 Å². The zero-order valence-corrected chi connectivity index (χ0v) is 10.2. The van der Waals surface area contributed by atoms with Crippen molar-refractivity contribution in [2.24, 2.45) is 5.41 Å². The van der Waals surface area contributed by atoms with Crippen LogP contribution in [-0.2, 0) is 19.1 Å². The Labute approximate surface area is 101 Å². The van der Waals surface area contributed by atoms with Gasteiger partial charge in [0.05, 0.1) is 13.2 Å². The standard InChI is InChI=1S/C12H19NO4/c1-16-11(15)12(5-3-6-12)10(14)13-8-9-4-2-7-17-9/h9H,2-8H2,1H3,(H,13,14). The molecule has 2 fully saturated rings. The molecule has 1 atom stereocenters. The fraction of sp³-hybridized carbons (Fsp3) is 0.833. The summed E-state index contributed by atoms with van der Waals surface area (Å²) in [6, 6.07) is 0. The van der Waals surface area contributed by atoms with Crippen molar-refractivity contribution in [3.05, 3.63) is 0 Å². The molecule has 96 valence electrons. The number of ether oxygens (including phenoxy) is 2. The van der Waals surface area contributed by atoms with E-state index in [0.717, 1.165) is 25.9 Å². The van der Waals surface area contributed by atoms with Gasteiger partial charge in [-0.1, -0.05) is 6.42 Å². The maximum atomic E-state index is 12.0. The molecule has 1 saturated carbocycles. The van der Waals surface area contributed by atoms with E-state index in [1.165, 1.54) is 7.11 Å². The minimum absolute atomic E-state index is 0.105. The minimum atomic E-state index is -0.923. The molecular formula is C12H19NO4. The average molecular weight is 241 g/mol. The van der Waals surface area contributed by atoms with E-state index in [1.54, 1.807) is 0 Å². The molecule has 0 spiro atoms. The maximum absolute atomic E-state index is 12.0. The molecule has 1 amide bonds. The van der Waals surface area contributed by atoms with Crippen LogP contribution >= 0.6 is 0 Å². The Balaban J connectivity index is 1.86. The van der Waals surface area contributed by atoms with Crippen molar-refractivity contribution in [3.8, 4) is 0 Å². The van der Waals surface area contributed by atoms with Crippen LogP contribution < -0.4 is 5.32 Å². The van der Waals surface area contributed by atoms with Crippen molar-refractivity contribution in [1.82, 2.24) is 5.32 Å². The topological polar surface area (TPSA) is 64.6 Å². The van der Waals surface area contributed by atoms with Gasteiger partial charge in [-0.25, -0.2) is 0 Å². The molecule has 1 unspecified atom stereocenters. The molecule has 0 radical (unpaired) electrons. The minimum Gasteiger partial charge on any atom is -0.468 e. The van der Waals surface area contributed by atoms with Crippen LogP contribution in [0.1, 0.15) is 32.1 Å². The molecule has 5 nitrogen and oxygen atoms in total. The van der Waals surface area contributed by atoms with Gasteiger partial charge in [0.15, 0.2) is 0 Å². The number of amides is 1. The molecule has 0 bridgehead atoms. The number of nitrogens with one attached hydrogen (secondary N) is 1. The Hall–Kier alpha value is -1.10. The third-order valence-electron chi connectivity index (χ3n) is 3.73. The van der Waals surface area contributed by atoms with Crippen LogP contribution in [0.4, 0.5) is 0 Å². The Morgan fingerprint density at radius 1 is 1.41 bits per heavy atom. The molecule has 1 aliphatic heterocycles. The van der Waals surface area contributed by atoms with Crippen molar-refractivity contribution in [1.29, 1.82) is 0 Å². The van der Waals surface area contributed by atoms with Crippen LogP contribution in [0.15, 0.2) is 0 Å². The fourth-order valence-corrected chi connectivity index (χ4v) is 2.43. The van der Waals surface area contributed by atoms with Gasteiger partial charge in [-0.15, -0.1) is 0 Å². The summed E-state index contributed by atoms with van der Waals surface area (Å²) in [5.41, 5.74) is -0.923. The Bertz CT molecular complexity index is 306.